The maximum absolute atomic E-state index is 13.1. The van der Waals surface area contributed by atoms with Crippen molar-refractivity contribution >= 4 is 35.1 Å². The molecule has 4 rings (SSSR count). The standard InChI is InChI=1S/C22H20ClF3N8O3S/c1-38-11-18(36)29-19-15(3-2-8-27-19)34-12-28-17(30-34)10-33-21(37)32(9-16(35)22(24,25)26)20(31-33)13-4-6-14(23)7-5-13/h2-8,12,16,35H,9-11H2,1H3,(H,27,29,36)/t16-/m0/s1. The van der Waals surface area contributed by atoms with Gasteiger partial charge < -0.3 is 10.4 Å². The van der Waals surface area contributed by atoms with Crippen LogP contribution in [0.5, 0.6) is 0 Å². The molecule has 0 radical (unpaired) electrons. The molecular formula is C22H20ClF3N8O3S. The first kappa shape index (κ1) is 27.3. The lowest BCUT2D eigenvalue weighted by Gasteiger charge is -2.15. The number of halogens is 4. The van der Waals surface area contributed by atoms with Gasteiger partial charge in [0.2, 0.25) is 5.91 Å². The number of aliphatic hydroxyl groups is 1. The van der Waals surface area contributed by atoms with E-state index in [4.69, 9.17) is 11.6 Å². The van der Waals surface area contributed by atoms with E-state index in [1.807, 2.05) is 0 Å². The molecule has 0 aliphatic rings. The Morgan fingerprint density at radius 3 is 2.61 bits per heavy atom. The van der Waals surface area contributed by atoms with Crippen LogP contribution in [-0.4, -0.2) is 69.4 Å². The van der Waals surface area contributed by atoms with Crippen LogP contribution in [0.3, 0.4) is 0 Å². The lowest BCUT2D eigenvalue weighted by Crippen LogP contribution is -2.37. The van der Waals surface area contributed by atoms with Crippen LogP contribution in [0.4, 0.5) is 19.0 Å². The van der Waals surface area contributed by atoms with E-state index < -0.39 is 24.5 Å². The van der Waals surface area contributed by atoms with Crippen LogP contribution in [0.25, 0.3) is 17.1 Å². The summed E-state index contributed by atoms with van der Waals surface area (Å²) in [5.41, 5.74) is -0.172. The van der Waals surface area contributed by atoms with E-state index >= 15 is 0 Å². The van der Waals surface area contributed by atoms with Crippen LogP contribution in [-0.2, 0) is 17.9 Å². The summed E-state index contributed by atoms with van der Waals surface area (Å²) in [7, 11) is 0. The maximum atomic E-state index is 13.1. The summed E-state index contributed by atoms with van der Waals surface area (Å²) in [6, 6.07) is 9.27. The van der Waals surface area contributed by atoms with Gasteiger partial charge in [-0.25, -0.2) is 24.1 Å². The predicted octanol–water partition coefficient (Wildman–Crippen LogP) is 2.61. The molecule has 1 atom stereocenters. The third kappa shape index (κ3) is 6.23. The van der Waals surface area contributed by atoms with Crippen LogP contribution in [0.2, 0.25) is 5.02 Å². The number of nitrogens with one attached hydrogen (secondary N) is 1. The number of pyridine rings is 1. The van der Waals surface area contributed by atoms with Gasteiger partial charge in [-0.1, -0.05) is 11.6 Å². The molecule has 200 valence electrons. The van der Waals surface area contributed by atoms with Crippen LogP contribution in [0.1, 0.15) is 5.82 Å². The number of anilines is 1. The molecule has 1 amide bonds. The fraction of sp³-hybridized carbons (Fsp3) is 0.273. The highest BCUT2D eigenvalue weighted by atomic mass is 35.5. The zero-order valence-electron chi connectivity index (χ0n) is 19.6. The van der Waals surface area contributed by atoms with E-state index in [-0.39, 0.29) is 35.7 Å². The van der Waals surface area contributed by atoms with Crippen molar-refractivity contribution in [2.75, 3.05) is 17.3 Å². The highest BCUT2D eigenvalue weighted by Gasteiger charge is 2.39. The van der Waals surface area contributed by atoms with E-state index in [1.165, 1.54) is 53.2 Å². The van der Waals surface area contributed by atoms with Crippen molar-refractivity contribution in [3.8, 4) is 17.1 Å². The normalized spacial score (nSPS) is 12.5. The van der Waals surface area contributed by atoms with E-state index in [0.717, 1.165) is 9.25 Å². The highest BCUT2D eigenvalue weighted by molar-refractivity contribution is 7.99. The summed E-state index contributed by atoms with van der Waals surface area (Å²) in [6.45, 7) is -1.34. The van der Waals surface area contributed by atoms with Crippen LogP contribution in [0, 0.1) is 0 Å². The Kier molecular flexibility index (Phi) is 8.18. The van der Waals surface area contributed by atoms with E-state index in [2.05, 4.69) is 25.5 Å². The number of nitrogens with zero attached hydrogens (tertiary/aromatic N) is 7. The molecule has 0 saturated heterocycles. The summed E-state index contributed by atoms with van der Waals surface area (Å²) in [4.78, 5) is 33.4. The fourth-order valence-electron chi connectivity index (χ4n) is 3.39. The first-order chi connectivity index (χ1) is 18.1. The molecule has 0 fully saturated rings. The van der Waals surface area contributed by atoms with Gasteiger partial charge in [0, 0.05) is 16.8 Å². The van der Waals surface area contributed by atoms with Crippen molar-refractivity contribution in [1.82, 2.24) is 34.1 Å². The molecule has 0 saturated carbocycles. The minimum Gasteiger partial charge on any atom is -0.382 e. The first-order valence-electron chi connectivity index (χ1n) is 10.9. The largest absolute Gasteiger partial charge is 0.416 e. The number of benzene rings is 1. The van der Waals surface area contributed by atoms with Gasteiger partial charge in [0.25, 0.3) is 0 Å². The number of hydrogen-bond acceptors (Lipinski definition) is 8. The van der Waals surface area contributed by atoms with Gasteiger partial charge in [-0.15, -0.1) is 10.2 Å². The Balaban J connectivity index is 1.66. The number of rotatable bonds is 9. The van der Waals surface area contributed by atoms with Crippen LogP contribution in [0.15, 0.2) is 53.7 Å². The second kappa shape index (κ2) is 11.4. The Hall–Kier alpha value is -3.69. The SMILES string of the molecule is CSCC(=O)Nc1ncccc1-n1cnc(Cn2nc(-c3ccc(Cl)cc3)n(C[C@H](O)C(F)(F)F)c2=O)n1. The van der Waals surface area contributed by atoms with Crippen molar-refractivity contribution in [2.45, 2.75) is 25.4 Å². The average molecular weight is 569 g/mol. The van der Waals surface area contributed by atoms with Crippen molar-refractivity contribution in [2.24, 2.45) is 0 Å². The van der Waals surface area contributed by atoms with Crippen molar-refractivity contribution in [3.63, 3.8) is 0 Å². The summed E-state index contributed by atoms with van der Waals surface area (Å²) >= 11 is 7.25. The number of alkyl halides is 3. The van der Waals surface area contributed by atoms with Gasteiger partial charge in [-0.05, 0) is 42.7 Å². The Labute approximate surface area is 222 Å². The summed E-state index contributed by atoms with van der Waals surface area (Å²) in [5.74, 6) is 0.228. The van der Waals surface area contributed by atoms with Crippen LogP contribution < -0.4 is 11.0 Å². The molecule has 3 heterocycles. The number of aromatic nitrogens is 7. The molecule has 1 aromatic carbocycles. The van der Waals surface area contributed by atoms with Gasteiger partial charge in [-0.2, -0.15) is 24.9 Å². The van der Waals surface area contributed by atoms with Crippen LogP contribution >= 0.6 is 23.4 Å². The maximum Gasteiger partial charge on any atom is 0.416 e. The number of carbonyl (C=O) groups is 1. The zero-order chi connectivity index (χ0) is 27.4. The third-order valence-electron chi connectivity index (χ3n) is 5.16. The van der Waals surface area contributed by atoms with Gasteiger partial charge in [0.1, 0.15) is 18.6 Å². The number of thioether (sulfide) groups is 1. The summed E-state index contributed by atoms with van der Waals surface area (Å²) in [6.07, 6.45) is -3.10. The average Bonchev–Trinajstić information content (AvgIpc) is 3.45. The Bertz CT molecular complexity index is 1490. The topological polar surface area (TPSA) is 133 Å². The minimum absolute atomic E-state index is 0.0968. The number of carbonyl (C=O) groups excluding carboxylic acids is 1. The molecule has 4 aromatic rings. The Morgan fingerprint density at radius 1 is 1.18 bits per heavy atom. The number of amides is 1. The second-order valence-electron chi connectivity index (χ2n) is 7.90. The van der Waals surface area contributed by atoms with Crippen molar-refractivity contribution in [3.05, 3.63) is 70.3 Å². The quantitative estimate of drug-likeness (QED) is 0.315. The van der Waals surface area contributed by atoms with Gasteiger partial charge in [0.15, 0.2) is 23.6 Å². The molecule has 0 bridgehead atoms. The molecule has 0 aliphatic heterocycles. The van der Waals surface area contributed by atoms with Gasteiger partial charge >= 0.3 is 11.9 Å². The second-order valence-corrected chi connectivity index (χ2v) is 9.20. The van der Waals surface area contributed by atoms with E-state index in [1.54, 1.807) is 18.4 Å². The number of aliphatic hydroxyl groups excluding tert-OH is 1. The molecule has 0 aliphatic carbocycles. The molecular weight excluding hydrogens is 549 g/mol. The van der Waals surface area contributed by atoms with Gasteiger partial charge in [-0.3, -0.25) is 9.36 Å². The molecule has 38 heavy (non-hydrogen) atoms. The first-order valence-corrected chi connectivity index (χ1v) is 12.7. The lowest BCUT2D eigenvalue weighted by atomic mass is 10.2. The van der Waals surface area contributed by atoms with E-state index in [0.29, 0.717) is 16.3 Å². The highest BCUT2D eigenvalue weighted by Crippen LogP contribution is 2.24. The Morgan fingerprint density at radius 2 is 1.92 bits per heavy atom. The summed E-state index contributed by atoms with van der Waals surface area (Å²) < 4.78 is 42.2. The molecule has 11 nitrogen and oxygen atoms in total. The monoisotopic (exact) mass is 568 g/mol. The molecule has 0 unspecified atom stereocenters. The predicted molar refractivity (Wildman–Crippen MR) is 134 cm³/mol. The minimum atomic E-state index is -4.94. The zero-order valence-corrected chi connectivity index (χ0v) is 21.2. The third-order valence-corrected chi connectivity index (χ3v) is 5.96. The molecule has 3 aromatic heterocycles. The smallest absolute Gasteiger partial charge is 0.382 e. The molecule has 2 N–H and O–H groups in total. The lowest BCUT2D eigenvalue weighted by molar-refractivity contribution is -0.207. The molecule has 0 spiro atoms. The fourth-order valence-corrected chi connectivity index (χ4v) is 3.85. The molecule has 16 heteroatoms. The van der Waals surface area contributed by atoms with E-state index in [9.17, 15) is 27.9 Å². The number of hydrogen-bond donors (Lipinski definition) is 2. The van der Waals surface area contributed by atoms with Crippen molar-refractivity contribution < 1.29 is 23.1 Å². The van der Waals surface area contributed by atoms with Gasteiger partial charge in [0.05, 0.1) is 12.3 Å². The van der Waals surface area contributed by atoms with Crippen molar-refractivity contribution in [1.29, 1.82) is 0 Å². The summed E-state index contributed by atoms with van der Waals surface area (Å²) in [5, 5.41) is 21.2.